The summed E-state index contributed by atoms with van der Waals surface area (Å²) in [7, 11) is 0. The number of fused-ring (bicyclic) bond motifs is 13. The van der Waals surface area contributed by atoms with Crippen LogP contribution in [0.5, 0.6) is 0 Å². The largest absolute Gasteiger partial charge is 0.366 e. The van der Waals surface area contributed by atoms with E-state index >= 15 is 0 Å². The molecular formula is C61H68N2O2. The molecule has 65 heavy (non-hydrogen) atoms. The Balaban J connectivity index is 1.04. The highest BCUT2D eigenvalue weighted by Gasteiger charge is 2.44. The number of ether oxygens (including phenoxy) is 2. The first kappa shape index (κ1) is 42.5. The van der Waals surface area contributed by atoms with Crippen LogP contribution in [-0.2, 0) is 14.9 Å². The van der Waals surface area contributed by atoms with Gasteiger partial charge in [0.05, 0.1) is 24.4 Å². The Morgan fingerprint density at radius 2 is 0.754 bits per heavy atom. The van der Waals surface area contributed by atoms with Crippen molar-refractivity contribution in [1.29, 1.82) is 0 Å². The molecule has 4 atom stereocenters. The maximum absolute atomic E-state index is 6.44. The van der Waals surface area contributed by atoms with Crippen LogP contribution in [0.15, 0.2) is 133 Å². The quantitative estimate of drug-likeness (QED) is 0.0714. The number of para-hydroxylation sites is 2. The van der Waals surface area contributed by atoms with Crippen LogP contribution in [0.25, 0.3) is 11.1 Å². The molecule has 0 radical (unpaired) electrons. The number of anilines is 6. The molecule has 6 aromatic carbocycles. The standard InChI is InChI=1S/C61H68N2O2/c1-3-5-7-9-11-19-37-61(38-20-12-10-8-6-4-2)55-41-47(62(43-21-15-13-16-22-43)45-27-31-51-53(39-45)59-35-33-57(51)64-59)25-29-49(55)50-30-26-48(42-56(50)61)63(44-23-17-14-18-24-44)46-28-32-52-54(40-46)60-36-34-58(52)65-60/h13-18,21-32,39-42,57-60H,3-12,19-20,33-38H2,1-2H3. The van der Waals surface area contributed by atoms with Crippen molar-refractivity contribution < 1.29 is 9.47 Å². The summed E-state index contributed by atoms with van der Waals surface area (Å²) in [5.41, 5.74) is 18.6. The number of benzene rings is 6. The monoisotopic (exact) mass is 861 g/mol. The van der Waals surface area contributed by atoms with E-state index in [4.69, 9.17) is 9.47 Å². The molecule has 0 N–H and O–H groups in total. The van der Waals surface area contributed by atoms with Gasteiger partial charge in [-0.25, -0.2) is 0 Å². The van der Waals surface area contributed by atoms with E-state index in [1.165, 1.54) is 156 Å². The maximum Gasteiger partial charge on any atom is 0.0838 e. The van der Waals surface area contributed by atoms with Crippen LogP contribution in [0.4, 0.5) is 34.1 Å². The third kappa shape index (κ3) is 7.93. The maximum atomic E-state index is 6.44. The molecule has 4 nitrogen and oxygen atoms in total. The summed E-state index contributed by atoms with van der Waals surface area (Å²) in [6.45, 7) is 4.66. The summed E-state index contributed by atoms with van der Waals surface area (Å²) < 4.78 is 12.9. The number of hydrogen-bond acceptors (Lipinski definition) is 4. The van der Waals surface area contributed by atoms with Gasteiger partial charge in [0.1, 0.15) is 0 Å². The molecule has 4 heterocycles. The van der Waals surface area contributed by atoms with Crippen LogP contribution in [0.1, 0.15) is 187 Å². The van der Waals surface area contributed by atoms with E-state index < -0.39 is 0 Å². The van der Waals surface area contributed by atoms with Gasteiger partial charge in [0, 0.05) is 39.5 Å². The fourth-order valence-corrected chi connectivity index (χ4v) is 12.6. The zero-order valence-electron chi connectivity index (χ0n) is 38.9. The van der Waals surface area contributed by atoms with Gasteiger partial charge in [-0.2, -0.15) is 0 Å². The van der Waals surface area contributed by atoms with Gasteiger partial charge >= 0.3 is 0 Å². The molecule has 4 bridgehead atoms. The van der Waals surface area contributed by atoms with E-state index in [1.54, 1.807) is 0 Å². The summed E-state index contributed by atoms with van der Waals surface area (Å²) in [5, 5.41) is 0. The molecule has 5 aliphatic rings. The highest BCUT2D eigenvalue weighted by Crippen LogP contribution is 2.58. The van der Waals surface area contributed by atoms with Gasteiger partial charge in [-0.15, -0.1) is 0 Å². The average molecular weight is 861 g/mol. The van der Waals surface area contributed by atoms with Gasteiger partial charge in [-0.1, -0.05) is 152 Å². The van der Waals surface area contributed by atoms with E-state index in [9.17, 15) is 0 Å². The Morgan fingerprint density at radius 1 is 0.385 bits per heavy atom. The zero-order chi connectivity index (χ0) is 43.7. The molecule has 334 valence electrons. The Hall–Kier alpha value is -5.16. The lowest BCUT2D eigenvalue weighted by molar-refractivity contribution is 0.0715. The first-order valence-corrected chi connectivity index (χ1v) is 25.7. The minimum Gasteiger partial charge on any atom is -0.366 e. The van der Waals surface area contributed by atoms with Crippen LogP contribution in [-0.4, -0.2) is 0 Å². The Bertz CT molecular complexity index is 2420. The van der Waals surface area contributed by atoms with Crippen LogP contribution >= 0.6 is 0 Å². The molecule has 4 heteroatoms. The molecule has 6 aromatic rings. The molecule has 0 aromatic heterocycles. The van der Waals surface area contributed by atoms with Crippen LogP contribution < -0.4 is 9.80 Å². The van der Waals surface area contributed by atoms with E-state index in [2.05, 4.69) is 157 Å². The van der Waals surface area contributed by atoms with Gasteiger partial charge < -0.3 is 19.3 Å². The van der Waals surface area contributed by atoms with E-state index in [1.807, 2.05) is 0 Å². The van der Waals surface area contributed by atoms with Crippen molar-refractivity contribution in [2.24, 2.45) is 0 Å². The second-order valence-corrected chi connectivity index (χ2v) is 19.9. The topological polar surface area (TPSA) is 24.9 Å². The number of nitrogens with zero attached hydrogens (tertiary/aromatic N) is 2. The average Bonchev–Trinajstić information content (AvgIpc) is 4.21. The summed E-state index contributed by atoms with van der Waals surface area (Å²) in [6.07, 6.45) is 23.3. The predicted octanol–water partition coefficient (Wildman–Crippen LogP) is 18.2. The number of rotatable bonds is 20. The van der Waals surface area contributed by atoms with E-state index in [0.29, 0.717) is 0 Å². The molecule has 4 aliphatic heterocycles. The van der Waals surface area contributed by atoms with E-state index in [0.717, 1.165) is 38.5 Å². The Morgan fingerprint density at radius 3 is 1.18 bits per heavy atom. The molecule has 0 spiro atoms. The first-order chi connectivity index (χ1) is 32.1. The smallest absolute Gasteiger partial charge is 0.0838 e. The Kier molecular flexibility index (Phi) is 12.2. The molecule has 1 aliphatic carbocycles. The van der Waals surface area contributed by atoms with Gasteiger partial charge in [-0.05, 0) is 156 Å². The molecular weight excluding hydrogens is 793 g/mol. The van der Waals surface area contributed by atoms with Gasteiger partial charge in [0.15, 0.2) is 0 Å². The predicted molar refractivity (Wildman–Crippen MR) is 270 cm³/mol. The second-order valence-electron chi connectivity index (χ2n) is 19.9. The number of unbranched alkanes of at least 4 members (excludes halogenated alkanes) is 10. The van der Waals surface area contributed by atoms with Crippen molar-refractivity contribution in [3.8, 4) is 11.1 Å². The highest BCUT2D eigenvalue weighted by molar-refractivity contribution is 5.89. The third-order valence-corrected chi connectivity index (χ3v) is 15.9. The van der Waals surface area contributed by atoms with Crippen LogP contribution in [0.3, 0.4) is 0 Å². The summed E-state index contributed by atoms with van der Waals surface area (Å²) in [4.78, 5) is 5.03. The van der Waals surface area contributed by atoms with Crippen molar-refractivity contribution in [3.63, 3.8) is 0 Å². The third-order valence-electron chi connectivity index (χ3n) is 15.9. The van der Waals surface area contributed by atoms with Crippen molar-refractivity contribution in [1.82, 2.24) is 0 Å². The number of hydrogen-bond donors (Lipinski definition) is 0. The van der Waals surface area contributed by atoms with Crippen molar-refractivity contribution >= 4 is 34.1 Å². The minimum absolute atomic E-state index is 0.104. The summed E-state index contributed by atoms with van der Waals surface area (Å²) >= 11 is 0. The fraction of sp³-hybridized carbons (Fsp3) is 0.410. The van der Waals surface area contributed by atoms with Crippen molar-refractivity contribution in [3.05, 3.63) is 167 Å². The molecule has 2 saturated heterocycles. The van der Waals surface area contributed by atoms with E-state index in [-0.39, 0.29) is 29.8 Å². The zero-order valence-corrected chi connectivity index (χ0v) is 38.9. The second kappa shape index (κ2) is 18.6. The van der Waals surface area contributed by atoms with Crippen LogP contribution in [0.2, 0.25) is 0 Å². The van der Waals surface area contributed by atoms with Crippen LogP contribution in [0, 0.1) is 0 Å². The lowest BCUT2D eigenvalue weighted by Crippen LogP contribution is -2.26. The summed E-state index contributed by atoms with van der Waals surface area (Å²) in [5.74, 6) is 0. The molecule has 0 saturated carbocycles. The normalized spacial score (nSPS) is 20.2. The summed E-state index contributed by atoms with van der Waals surface area (Å²) in [6, 6.07) is 51.4. The first-order valence-electron chi connectivity index (χ1n) is 25.7. The van der Waals surface area contributed by atoms with Gasteiger partial charge in [-0.3, -0.25) is 0 Å². The minimum atomic E-state index is -0.104. The van der Waals surface area contributed by atoms with Gasteiger partial charge in [0.2, 0.25) is 0 Å². The molecule has 2 fully saturated rings. The van der Waals surface area contributed by atoms with Gasteiger partial charge in [0.25, 0.3) is 0 Å². The Labute approximate surface area is 389 Å². The highest BCUT2D eigenvalue weighted by atomic mass is 16.5. The fourth-order valence-electron chi connectivity index (χ4n) is 12.6. The molecule has 4 unspecified atom stereocenters. The lowest BCUT2D eigenvalue weighted by atomic mass is 9.70. The van der Waals surface area contributed by atoms with Crippen molar-refractivity contribution in [2.45, 2.75) is 159 Å². The molecule has 0 amide bonds. The molecule has 11 rings (SSSR count). The SMILES string of the molecule is CCCCCCCCC1(CCCCCCCC)c2cc(N(c3ccccc3)c3ccc4c(c3)C3CCC4O3)ccc2-c2ccc(N(c3ccccc3)c3ccc4c(c3)C3CCC4O3)cc21. The van der Waals surface area contributed by atoms with Crippen molar-refractivity contribution in [2.75, 3.05) is 9.80 Å². The lowest BCUT2D eigenvalue weighted by Gasteiger charge is -2.35.